The molecule has 0 unspecified atom stereocenters. The number of fused-ring (bicyclic) bond motifs is 1. The number of hydrogen-bond acceptors (Lipinski definition) is 7. The van der Waals surface area contributed by atoms with Gasteiger partial charge in [-0.1, -0.05) is 41.9 Å². The molecule has 9 heteroatoms. The molecule has 0 fully saturated rings. The van der Waals surface area contributed by atoms with Crippen LogP contribution in [0.2, 0.25) is 5.02 Å². The number of thiazole rings is 1. The van der Waals surface area contributed by atoms with Crippen molar-refractivity contribution < 1.29 is 4.74 Å². The summed E-state index contributed by atoms with van der Waals surface area (Å²) in [5.74, 6) is 2.34. The molecule has 166 valence electrons. The molecule has 0 N–H and O–H groups in total. The van der Waals surface area contributed by atoms with Gasteiger partial charge in [-0.25, -0.2) is 4.98 Å². The Balaban J connectivity index is 1.37. The first-order valence-electron chi connectivity index (χ1n) is 10.3. The van der Waals surface area contributed by atoms with Crippen LogP contribution in [0.4, 0.5) is 0 Å². The maximum atomic E-state index is 6.34. The molecule has 3 heterocycles. The molecule has 6 aromatic rings. The van der Waals surface area contributed by atoms with E-state index in [1.165, 1.54) is 11.8 Å². The minimum atomic E-state index is 0.648. The van der Waals surface area contributed by atoms with Gasteiger partial charge in [0.25, 0.3) is 0 Å². The van der Waals surface area contributed by atoms with Gasteiger partial charge in [0, 0.05) is 0 Å². The predicted octanol–water partition coefficient (Wildman–Crippen LogP) is 8.20. The molecule has 0 aliphatic rings. The van der Waals surface area contributed by atoms with Crippen LogP contribution >= 0.6 is 46.0 Å². The maximum absolute atomic E-state index is 6.34. The monoisotopic (exact) mass is 518 g/mol. The van der Waals surface area contributed by atoms with Gasteiger partial charge < -0.3 is 4.74 Å². The first-order valence-corrected chi connectivity index (χ1v) is 13.2. The van der Waals surface area contributed by atoms with Gasteiger partial charge in [-0.3, -0.25) is 4.57 Å². The van der Waals surface area contributed by atoms with Crippen molar-refractivity contribution in [2.45, 2.75) is 9.50 Å². The highest BCUT2D eigenvalue weighted by molar-refractivity contribution is 8.01. The van der Waals surface area contributed by atoms with Crippen molar-refractivity contribution in [3.63, 3.8) is 0 Å². The lowest BCUT2D eigenvalue weighted by Crippen LogP contribution is -1.99. The zero-order valence-electron chi connectivity index (χ0n) is 17.5. The van der Waals surface area contributed by atoms with Crippen molar-refractivity contribution in [1.29, 1.82) is 0 Å². The average molecular weight is 519 g/mol. The number of para-hydroxylation sites is 2. The molecule has 6 rings (SSSR count). The van der Waals surface area contributed by atoms with Crippen LogP contribution in [0.3, 0.4) is 0 Å². The van der Waals surface area contributed by atoms with E-state index >= 15 is 0 Å². The summed E-state index contributed by atoms with van der Waals surface area (Å²) in [4.78, 5) is 5.76. The minimum absolute atomic E-state index is 0.648. The van der Waals surface area contributed by atoms with Crippen molar-refractivity contribution in [3.05, 3.63) is 95.3 Å². The fourth-order valence-corrected chi connectivity index (χ4v) is 6.45. The predicted molar refractivity (Wildman–Crippen MR) is 140 cm³/mol. The number of hydrogen-bond donors (Lipinski definition) is 0. The standard InChI is InChI=1S/C25H15ClN4OS3/c26-19-8-4-9-20-22(19)27-25(33-20)34-24-29-28-23(21-10-5-15-32-21)30(24)16-11-13-18(14-12-16)31-17-6-2-1-3-7-17/h1-15H. The molecule has 5 nitrogen and oxygen atoms in total. The summed E-state index contributed by atoms with van der Waals surface area (Å²) in [7, 11) is 0. The number of benzene rings is 3. The summed E-state index contributed by atoms with van der Waals surface area (Å²) in [6.07, 6.45) is 0. The molecule has 3 aromatic heterocycles. The SMILES string of the molecule is Clc1cccc2sc(Sc3nnc(-c4cccs4)n3-c3ccc(Oc4ccccc4)cc3)nc12. The number of rotatable bonds is 6. The summed E-state index contributed by atoms with van der Waals surface area (Å²) in [5.41, 5.74) is 1.75. The van der Waals surface area contributed by atoms with Gasteiger partial charge in [0.15, 0.2) is 10.2 Å². The molecule has 0 bridgehead atoms. The lowest BCUT2D eigenvalue weighted by Gasteiger charge is -2.10. The Morgan fingerprint density at radius 2 is 1.65 bits per heavy atom. The van der Waals surface area contributed by atoms with Crippen molar-refractivity contribution in [2.75, 3.05) is 0 Å². The Bertz CT molecular complexity index is 1560. The Morgan fingerprint density at radius 3 is 2.41 bits per heavy atom. The Morgan fingerprint density at radius 1 is 0.824 bits per heavy atom. The lowest BCUT2D eigenvalue weighted by atomic mass is 10.3. The zero-order chi connectivity index (χ0) is 22.9. The van der Waals surface area contributed by atoms with E-state index in [4.69, 9.17) is 21.3 Å². The van der Waals surface area contributed by atoms with Crippen LogP contribution in [0, 0.1) is 0 Å². The molecule has 34 heavy (non-hydrogen) atoms. The summed E-state index contributed by atoms with van der Waals surface area (Å²) in [6.45, 7) is 0. The van der Waals surface area contributed by atoms with E-state index < -0.39 is 0 Å². The van der Waals surface area contributed by atoms with E-state index in [1.54, 1.807) is 22.7 Å². The molecule has 0 atom stereocenters. The third-order valence-electron chi connectivity index (χ3n) is 4.98. The second kappa shape index (κ2) is 9.23. The second-order valence-corrected chi connectivity index (χ2v) is 10.8. The number of aromatic nitrogens is 4. The quantitative estimate of drug-likeness (QED) is 0.222. The summed E-state index contributed by atoms with van der Waals surface area (Å²) >= 11 is 11.0. The van der Waals surface area contributed by atoms with Crippen LogP contribution in [0.15, 0.2) is 99.8 Å². The Labute approximate surface area is 212 Å². The van der Waals surface area contributed by atoms with E-state index in [1.807, 2.05) is 90.3 Å². The zero-order valence-corrected chi connectivity index (χ0v) is 20.7. The molecule has 0 amide bonds. The Hall–Kier alpha value is -3.17. The molecular weight excluding hydrogens is 504 g/mol. The number of thiophene rings is 1. The highest BCUT2D eigenvalue weighted by atomic mass is 35.5. The summed E-state index contributed by atoms with van der Waals surface area (Å²) < 4.78 is 9.91. The molecule has 0 aliphatic carbocycles. The van der Waals surface area contributed by atoms with Crippen LogP contribution in [-0.4, -0.2) is 19.7 Å². The van der Waals surface area contributed by atoms with E-state index in [-0.39, 0.29) is 0 Å². The van der Waals surface area contributed by atoms with Crippen molar-refractivity contribution in [2.24, 2.45) is 0 Å². The van der Waals surface area contributed by atoms with Crippen LogP contribution in [-0.2, 0) is 0 Å². The average Bonchev–Trinajstić information content (AvgIpc) is 3.61. The smallest absolute Gasteiger partial charge is 0.203 e. The molecule has 3 aromatic carbocycles. The molecule has 0 saturated carbocycles. The van der Waals surface area contributed by atoms with Gasteiger partial charge in [0.1, 0.15) is 17.0 Å². The fourth-order valence-electron chi connectivity index (χ4n) is 3.44. The third-order valence-corrected chi connectivity index (χ3v) is 8.18. The highest BCUT2D eigenvalue weighted by Gasteiger charge is 2.19. The lowest BCUT2D eigenvalue weighted by molar-refractivity contribution is 0.482. The molecule has 0 radical (unpaired) electrons. The van der Waals surface area contributed by atoms with Crippen molar-refractivity contribution in [1.82, 2.24) is 19.7 Å². The largest absolute Gasteiger partial charge is 0.457 e. The van der Waals surface area contributed by atoms with Crippen molar-refractivity contribution >= 4 is 56.3 Å². The maximum Gasteiger partial charge on any atom is 0.203 e. The normalized spacial score (nSPS) is 11.2. The van der Waals surface area contributed by atoms with Crippen LogP contribution in [0.5, 0.6) is 11.5 Å². The topological polar surface area (TPSA) is 52.8 Å². The summed E-state index contributed by atoms with van der Waals surface area (Å²) in [5, 5.41) is 12.4. The number of ether oxygens (including phenoxy) is 1. The van der Waals surface area contributed by atoms with Gasteiger partial charge in [-0.05, 0) is 71.7 Å². The first-order chi connectivity index (χ1) is 16.7. The molecule has 0 aliphatic heterocycles. The number of nitrogens with zero attached hydrogens (tertiary/aromatic N) is 4. The highest BCUT2D eigenvalue weighted by Crippen LogP contribution is 2.38. The van der Waals surface area contributed by atoms with Crippen LogP contribution in [0.1, 0.15) is 0 Å². The Kier molecular flexibility index (Phi) is 5.80. The van der Waals surface area contributed by atoms with Gasteiger partial charge in [0.2, 0.25) is 5.16 Å². The molecule has 0 saturated heterocycles. The first kappa shape index (κ1) is 21.4. The fraction of sp³-hybridized carbons (Fsp3) is 0. The van der Waals surface area contributed by atoms with E-state index in [9.17, 15) is 0 Å². The van der Waals surface area contributed by atoms with Crippen LogP contribution < -0.4 is 4.74 Å². The van der Waals surface area contributed by atoms with Gasteiger partial charge in [-0.15, -0.1) is 32.9 Å². The van der Waals surface area contributed by atoms with Crippen LogP contribution in [0.25, 0.3) is 26.6 Å². The summed E-state index contributed by atoms with van der Waals surface area (Å²) in [6, 6.07) is 27.5. The van der Waals surface area contributed by atoms with E-state index in [2.05, 4.69) is 14.8 Å². The number of halogens is 1. The van der Waals surface area contributed by atoms with Crippen molar-refractivity contribution in [3.8, 4) is 27.9 Å². The van der Waals surface area contributed by atoms with Gasteiger partial charge >= 0.3 is 0 Å². The van der Waals surface area contributed by atoms with E-state index in [0.29, 0.717) is 5.02 Å². The molecular formula is C25H15ClN4OS3. The third kappa shape index (κ3) is 4.21. The second-order valence-electron chi connectivity index (χ2n) is 7.20. The minimum Gasteiger partial charge on any atom is -0.457 e. The van der Waals surface area contributed by atoms with Gasteiger partial charge in [0.05, 0.1) is 20.3 Å². The van der Waals surface area contributed by atoms with E-state index in [0.717, 1.165) is 47.6 Å². The molecule has 0 spiro atoms. The van der Waals surface area contributed by atoms with Gasteiger partial charge in [-0.2, -0.15) is 0 Å².